The van der Waals surface area contributed by atoms with Gasteiger partial charge in [0, 0.05) is 12.3 Å². The third kappa shape index (κ3) is 4.28. The van der Waals surface area contributed by atoms with Crippen molar-refractivity contribution in [1.29, 1.82) is 0 Å². The van der Waals surface area contributed by atoms with E-state index in [0.29, 0.717) is 23.9 Å². The van der Waals surface area contributed by atoms with Crippen LogP contribution in [0.3, 0.4) is 0 Å². The molecule has 1 aromatic heterocycles. The van der Waals surface area contributed by atoms with E-state index < -0.39 is 10.0 Å². The molecule has 1 N–H and O–H groups in total. The number of nitrogens with zero attached hydrogens (tertiary/aromatic N) is 1. The molecule has 1 aliphatic rings. The van der Waals surface area contributed by atoms with E-state index in [2.05, 4.69) is 9.71 Å². The molecule has 0 saturated heterocycles. The Hall–Kier alpha value is -2.60. The predicted molar refractivity (Wildman–Crippen MR) is 109 cm³/mol. The third-order valence-electron chi connectivity index (χ3n) is 5.16. The van der Waals surface area contributed by atoms with Crippen molar-refractivity contribution in [2.75, 3.05) is 4.72 Å². The third-order valence-corrected chi connectivity index (χ3v) is 6.51. The molecule has 4 rings (SSSR count). The molecule has 2 aromatic carbocycles. The van der Waals surface area contributed by atoms with Crippen LogP contribution in [-0.4, -0.2) is 13.4 Å². The lowest BCUT2D eigenvalue weighted by Gasteiger charge is -2.20. The summed E-state index contributed by atoms with van der Waals surface area (Å²) in [7, 11) is -3.71. The van der Waals surface area contributed by atoms with Crippen LogP contribution in [0, 0.1) is 0 Å². The molecule has 0 unspecified atom stereocenters. The van der Waals surface area contributed by atoms with Crippen LogP contribution in [0.4, 0.5) is 5.82 Å². The SMILES string of the molecule is O=S(=O)(Nc1nc(Cc2ccccc2)oc1C1CCCCC1)c1ccccc1. The monoisotopic (exact) mass is 396 g/mol. The Morgan fingerprint density at radius 1 is 0.929 bits per heavy atom. The van der Waals surface area contributed by atoms with Crippen LogP contribution in [0.1, 0.15) is 55.2 Å². The smallest absolute Gasteiger partial charge is 0.263 e. The molecule has 1 saturated carbocycles. The number of nitrogens with one attached hydrogen (secondary N) is 1. The maximum absolute atomic E-state index is 12.8. The standard InChI is InChI=1S/C22H24N2O3S/c25-28(26,19-14-8-3-9-15-19)24-22-21(18-12-6-2-7-13-18)27-20(23-22)16-17-10-4-1-5-11-17/h1,3-5,8-11,14-15,18,24H,2,6-7,12-13,16H2. The lowest BCUT2D eigenvalue weighted by Crippen LogP contribution is -2.15. The molecule has 0 radical (unpaired) electrons. The second-order valence-electron chi connectivity index (χ2n) is 7.24. The zero-order valence-corrected chi connectivity index (χ0v) is 16.5. The second-order valence-corrected chi connectivity index (χ2v) is 8.92. The van der Waals surface area contributed by atoms with Crippen LogP contribution in [0.5, 0.6) is 0 Å². The summed E-state index contributed by atoms with van der Waals surface area (Å²) >= 11 is 0. The zero-order chi connectivity index (χ0) is 19.4. The Morgan fingerprint density at radius 2 is 1.57 bits per heavy atom. The van der Waals surface area contributed by atoms with E-state index in [-0.39, 0.29) is 10.8 Å². The van der Waals surface area contributed by atoms with Crippen molar-refractivity contribution in [2.45, 2.75) is 49.3 Å². The van der Waals surface area contributed by atoms with Crippen molar-refractivity contribution in [1.82, 2.24) is 4.98 Å². The minimum Gasteiger partial charge on any atom is -0.443 e. The predicted octanol–water partition coefficient (Wildman–Crippen LogP) is 5.11. The molecule has 0 bridgehead atoms. The van der Waals surface area contributed by atoms with Gasteiger partial charge in [0.05, 0.1) is 4.90 Å². The lowest BCUT2D eigenvalue weighted by molar-refractivity contribution is 0.363. The number of anilines is 1. The summed E-state index contributed by atoms with van der Waals surface area (Å²) in [6.07, 6.45) is 6.01. The fourth-order valence-electron chi connectivity index (χ4n) is 3.72. The first-order valence-corrected chi connectivity index (χ1v) is 11.2. The summed E-state index contributed by atoms with van der Waals surface area (Å²) in [6, 6.07) is 18.3. The van der Waals surface area contributed by atoms with Crippen LogP contribution < -0.4 is 4.72 Å². The summed E-state index contributed by atoms with van der Waals surface area (Å²) in [5.74, 6) is 1.75. The number of aromatic nitrogens is 1. The van der Waals surface area contributed by atoms with Crippen LogP contribution >= 0.6 is 0 Å². The first kappa shape index (κ1) is 18.7. The van der Waals surface area contributed by atoms with Crippen LogP contribution in [0.15, 0.2) is 70.0 Å². The molecule has 0 spiro atoms. The highest BCUT2D eigenvalue weighted by Crippen LogP contribution is 2.37. The van der Waals surface area contributed by atoms with Gasteiger partial charge in [0.2, 0.25) is 5.89 Å². The number of sulfonamides is 1. The highest BCUT2D eigenvalue weighted by atomic mass is 32.2. The lowest BCUT2D eigenvalue weighted by atomic mass is 9.87. The summed E-state index contributed by atoms with van der Waals surface area (Å²) < 4.78 is 34.4. The van der Waals surface area contributed by atoms with E-state index in [0.717, 1.165) is 31.2 Å². The van der Waals surface area contributed by atoms with Crippen LogP contribution in [0.2, 0.25) is 0 Å². The van der Waals surface area contributed by atoms with Gasteiger partial charge in [-0.2, -0.15) is 4.98 Å². The molecule has 1 heterocycles. The second kappa shape index (κ2) is 8.19. The highest BCUT2D eigenvalue weighted by molar-refractivity contribution is 7.92. The van der Waals surface area contributed by atoms with Gasteiger partial charge in [-0.25, -0.2) is 8.42 Å². The number of hydrogen-bond donors (Lipinski definition) is 1. The first-order chi connectivity index (χ1) is 13.6. The van der Waals surface area contributed by atoms with Crippen molar-refractivity contribution in [3.8, 4) is 0 Å². The van der Waals surface area contributed by atoms with Crippen molar-refractivity contribution < 1.29 is 12.8 Å². The number of hydrogen-bond acceptors (Lipinski definition) is 4. The van der Waals surface area contributed by atoms with Gasteiger partial charge in [0.15, 0.2) is 11.6 Å². The molecule has 6 heteroatoms. The average Bonchev–Trinajstić information content (AvgIpc) is 3.11. The Kier molecular flexibility index (Phi) is 5.48. The number of oxazole rings is 1. The Balaban J connectivity index is 1.66. The molecule has 146 valence electrons. The van der Waals surface area contributed by atoms with Crippen molar-refractivity contribution >= 4 is 15.8 Å². The summed E-state index contributed by atoms with van der Waals surface area (Å²) in [5, 5.41) is 0. The molecular formula is C22H24N2O3S. The molecule has 5 nitrogen and oxygen atoms in total. The molecule has 0 amide bonds. The summed E-state index contributed by atoms with van der Waals surface area (Å²) in [6.45, 7) is 0. The van der Waals surface area contributed by atoms with Gasteiger partial charge in [0.1, 0.15) is 0 Å². The number of benzene rings is 2. The number of rotatable bonds is 6. The van der Waals surface area contributed by atoms with Crippen LogP contribution in [0.25, 0.3) is 0 Å². The maximum atomic E-state index is 12.8. The van der Waals surface area contributed by atoms with Gasteiger partial charge in [-0.1, -0.05) is 67.8 Å². The normalized spacial score (nSPS) is 15.4. The quantitative estimate of drug-likeness (QED) is 0.628. The van der Waals surface area contributed by atoms with E-state index in [1.54, 1.807) is 30.3 Å². The van der Waals surface area contributed by atoms with E-state index in [9.17, 15) is 8.42 Å². The van der Waals surface area contributed by atoms with Gasteiger partial charge in [0.25, 0.3) is 10.0 Å². The van der Waals surface area contributed by atoms with E-state index in [4.69, 9.17) is 4.42 Å². The minimum atomic E-state index is -3.71. The van der Waals surface area contributed by atoms with Crippen molar-refractivity contribution in [3.05, 3.63) is 77.9 Å². The van der Waals surface area contributed by atoms with Gasteiger partial charge >= 0.3 is 0 Å². The molecule has 0 aliphatic heterocycles. The van der Waals surface area contributed by atoms with Gasteiger partial charge in [-0.3, -0.25) is 4.72 Å². The van der Waals surface area contributed by atoms with E-state index >= 15 is 0 Å². The topological polar surface area (TPSA) is 72.2 Å². The molecule has 3 aromatic rings. The van der Waals surface area contributed by atoms with Gasteiger partial charge < -0.3 is 4.42 Å². The van der Waals surface area contributed by atoms with Crippen molar-refractivity contribution in [3.63, 3.8) is 0 Å². The Labute approximate surface area is 165 Å². The Bertz CT molecular complexity index is 1010. The average molecular weight is 397 g/mol. The molecule has 28 heavy (non-hydrogen) atoms. The fraction of sp³-hybridized carbons (Fsp3) is 0.318. The van der Waals surface area contributed by atoms with E-state index in [1.807, 2.05) is 30.3 Å². The molecule has 1 fully saturated rings. The summed E-state index contributed by atoms with van der Waals surface area (Å²) in [5.41, 5.74) is 1.08. The summed E-state index contributed by atoms with van der Waals surface area (Å²) in [4.78, 5) is 4.75. The van der Waals surface area contributed by atoms with Crippen LogP contribution in [-0.2, 0) is 16.4 Å². The first-order valence-electron chi connectivity index (χ1n) is 9.73. The van der Waals surface area contributed by atoms with Crippen molar-refractivity contribution in [2.24, 2.45) is 0 Å². The highest BCUT2D eigenvalue weighted by Gasteiger charge is 2.27. The maximum Gasteiger partial charge on any atom is 0.263 e. The fourth-order valence-corrected chi connectivity index (χ4v) is 4.76. The zero-order valence-electron chi connectivity index (χ0n) is 15.7. The molecule has 1 aliphatic carbocycles. The molecular weight excluding hydrogens is 372 g/mol. The largest absolute Gasteiger partial charge is 0.443 e. The molecule has 0 atom stereocenters. The van der Waals surface area contributed by atoms with E-state index in [1.165, 1.54) is 6.42 Å². The Morgan fingerprint density at radius 3 is 2.25 bits per heavy atom. The van der Waals surface area contributed by atoms with Gasteiger partial charge in [-0.05, 0) is 30.5 Å². The van der Waals surface area contributed by atoms with Gasteiger partial charge in [-0.15, -0.1) is 0 Å². The minimum absolute atomic E-state index is 0.208.